The third-order valence-corrected chi connectivity index (χ3v) is 4.35. The van der Waals surface area contributed by atoms with E-state index in [-0.39, 0.29) is 5.54 Å². The van der Waals surface area contributed by atoms with Crippen LogP contribution in [0, 0.1) is 0 Å². The topological polar surface area (TPSA) is 29.3 Å². The molecule has 2 N–H and O–H groups in total. The highest BCUT2D eigenvalue weighted by molar-refractivity contribution is 7.99. The van der Waals surface area contributed by atoms with Crippen molar-refractivity contribution in [3.8, 4) is 0 Å². The number of rotatable bonds is 0. The lowest BCUT2D eigenvalue weighted by Gasteiger charge is -2.42. The lowest BCUT2D eigenvalue weighted by Crippen LogP contribution is -2.39. The van der Waals surface area contributed by atoms with Gasteiger partial charge in [-0.3, -0.25) is 0 Å². The van der Waals surface area contributed by atoms with Gasteiger partial charge in [-0.1, -0.05) is 23.9 Å². The summed E-state index contributed by atoms with van der Waals surface area (Å²) in [6.45, 7) is 6.69. The average Bonchev–Trinajstić information content (AvgIpc) is 2.34. The minimum atomic E-state index is 0.0135. The van der Waals surface area contributed by atoms with Crippen LogP contribution >= 0.6 is 11.8 Å². The Labute approximate surface area is 118 Å². The summed E-state index contributed by atoms with van der Waals surface area (Å²) in [7, 11) is 0. The van der Waals surface area contributed by atoms with Gasteiger partial charge in [-0.05, 0) is 51.1 Å². The Hall–Kier alpha value is -1.61. The van der Waals surface area contributed by atoms with Gasteiger partial charge in [-0.25, -0.2) is 0 Å². The normalized spacial score (nSPS) is 13.9. The smallest absolute Gasteiger partial charge is 0.0578 e. The quantitative estimate of drug-likeness (QED) is 0.705. The van der Waals surface area contributed by atoms with Gasteiger partial charge in [0.2, 0.25) is 0 Å². The maximum atomic E-state index is 5.97. The summed E-state index contributed by atoms with van der Waals surface area (Å²) in [6.07, 6.45) is 0. The number of nitrogens with two attached hydrogens (primary N) is 1. The molecule has 3 heteroatoms. The van der Waals surface area contributed by atoms with Gasteiger partial charge in [0.05, 0.1) is 11.4 Å². The Morgan fingerprint density at radius 1 is 0.947 bits per heavy atom. The van der Waals surface area contributed by atoms with Crippen molar-refractivity contribution in [2.45, 2.75) is 36.1 Å². The van der Waals surface area contributed by atoms with Crippen molar-refractivity contribution in [3.63, 3.8) is 0 Å². The van der Waals surface area contributed by atoms with Crippen LogP contribution in [0.2, 0.25) is 0 Å². The predicted molar refractivity (Wildman–Crippen MR) is 83.3 cm³/mol. The molecule has 0 spiro atoms. The van der Waals surface area contributed by atoms with Crippen LogP contribution in [0.5, 0.6) is 0 Å². The van der Waals surface area contributed by atoms with Crippen LogP contribution in [0.4, 0.5) is 17.1 Å². The van der Waals surface area contributed by atoms with Gasteiger partial charge in [-0.15, -0.1) is 0 Å². The van der Waals surface area contributed by atoms with Crippen molar-refractivity contribution in [2.24, 2.45) is 0 Å². The van der Waals surface area contributed by atoms with E-state index in [1.807, 2.05) is 17.8 Å². The first kappa shape index (κ1) is 12.4. The predicted octanol–water partition coefficient (Wildman–Crippen LogP) is 4.67. The highest BCUT2D eigenvalue weighted by Crippen LogP contribution is 2.51. The number of hydrogen-bond donors (Lipinski definition) is 1. The third kappa shape index (κ3) is 2.08. The van der Waals surface area contributed by atoms with Gasteiger partial charge in [0, 0.05) is 21.0 Å². The van der Waals surface area contributed by atoms with Crippen LogP contribution in [0.1, 0.15) is 20.8 Å². The first-order valence-electron chi connectivity index (χ1n) is 6.43. The Balaban J connectivity index is 2.25. The summed E-state index contributed by atoms with van der Waals surface area (Å²) in [4.78, 5) is 4.95. The Morgan fingerprint density at radius 3 is 2.37 bits per heavy atom. The van der Waals surface area contributed by atoms with Gasteiger partial charge >= 0.3 is 0 Å². The van der Waals surface area contributed by atoms with Crippen LogP contribution in [0.15, 0.2) is 52.3 Å². The molecule has 0 aliphatic carbocycles. The average molecular weight is 270 g/mol. The van der Waals surface area contributed by atoms with E-state index in [2.05, 4.69) is 62.1 Å². The van der Waals surface area contributed by atoms with Crippen LogP contribution < -0.4 is 10.6 Å². The van der Waals surface area contributed by atoms with E-state index in [1.165, 1.54) is 21.2 Å². The number of nitrogen functional groups attached to an aromatic ring is 1. The van der Waals surface area contributed by atoms with Crippen molar-refractivity contribution in [1.82, 2.24) is 0 Å². The lowest BCUT2D eigenvalue weighted by molar-refractivity contribution is 0.553. The lowest BCUT2D eigenvalue weighted by atomic mass is 10.0. The van der Waals surface area contributed by atoms with Gasteiger partial charge in [0.1, 0.15) is 0 Å². The van der Waals surface area contributed by atoms with Gasteiger partial charge in [0.15, 0.2) is 0 Å². The number of benzene rings is 2. The van der Waals surface area contributed by atoms with E-state index < -0.39 is 0 Å². The second-order valence-corrected chi connectivity index (χ2v) is 6.89. The molecule has 1 aliphatic rings. The zero-order valence-corrected chi connectivity index (χ0v) is 12.3. The molecular weight excluding hydrogens is 252 g/mol. The molecule has 0 atom stereocenters. The number of nitrogens with zero attached hydrogens (tertiary/aromatic N) is 1. The zero-order chi connectivity index (χ0) is 13.6. The van der Waals surface area contributed by atoms with Crippen molar-refractivity contribution < 1.29 is 0 Å². The molecule has 1 aliphatic heterocycles. The number of anilines is 3. The number of para-hydroxylation sites is 1. The van der Waals surface area contributed by atoms with E-state index in [0.29, 0.717) is 0 Å². The summed E-state index contributed by atoms with van der Waals surface area (Å²) >= 11 is 1.81. The molecule has 0 saturated heterocycles. The SMILES string of the molecule is CC(C)(C)N1c2ccccc2Sc2ccc(N)cc21. The maximum Gasteiger partial charge on any atom is 0.0578 e. The second kappa shape index (κ2) is 4.20. The van der Waals surface area contributed by atoms with Crippen LogP contribution in [0.3, 0.4) is 0 Å². The zero-order valence-electron chi connectivity index (χ0n) is 11.5. The van der Waals surface area contributed by atoms with Crippen molar-refractivity contribution >= 4 is 28.8 Å². The summed E-state index contributed by atoms with van der Waals surface area (Å²) in [5.74, 6) is 0. The summed E-state index contributed by atoms with van der Waals surface area (Å²) in [6, 6.07) is 14.7. The Kier molecular flexibility index (Phi) is 2.75. The summed E-state index contributed by atoms with van der Waals surface area (Å²) < 4.78 is 0. The third-order valence-electron chi connectivity index (χ3n) is 3.22. The molecule has 0 saturated carbocycles. The van der Waals surface area contributed by atoms with Crippen LogP contribution in [-0.4, -0.2) is 5.54 Å². The molecule has 98 valence electrons. The van der Waals surface area contributed by atoms with E-state index in [9.17, 15) is 0 Å². The fourth-order valence-corrected chi connectivity index (χ4v) is 3.53. The second-order valence-electron chi connectivity index (χ2n) is 5.80. The monoisotopic (exact) mass is 270 g/mol. The summed E-state index contributed by atoms with van der Waals surface area (Å²) in [5, 5.41) is 0. The van der Waals surface area contributed by atoms with Gasteiger partial charge < -0.3 is 10.6 Å². The molecule has 2 aromatic carbocycles. The van der Waals surface area contributed by atoms with Crippen LogP contribution in [-0.2, 0) is 0 Å². The Morgan fingerprint density at radius 2 is 1.63 bits per heavy atom. The van der Waals surface area contributed by atoms with Crippen molar-refractivity contribution in [2.75, 3.05) is 10.6 Å². The molecule has 0 aromatic heterocycles. The molecule has 2 nitrogen and oxygen atoms in total. The van der Waals surface area contributed by atoms with Crippen LogP contribution in [0.25, 0.3) is 0 Å². The van der Waals surface area contributed by atoms with E-state index in [4.69, 9.17) is 5.73 Å². The maximum absolute atomic E-state index is 5.97. The minimum absolute atomic E-state index is 0.0135. The minimum Gasteiger partial charge on any atom is -0.399 e. The fraction of sp³-hybridized carbons (Fsp3) is 0.250. The largest absolute Gasteiger partial charge is 0.399 e. The molecule has 0 bridgehead atoms. The van der Waals surface area contributed by atoms with E-state index in [0.717, 1.165) is 5.69 Å². The molecule has 0 radical (unpaired) electrons. The Bertz CT molecular complexity index is 629. The molecule has 0 unspecified atom stereocenters. The van der Waals surface area contributed by atoms with E-state index in [1.54, 1.807) is 0 Å². The molecule has 1 heterocycles. The first-order valence-corrected chi connectivity index (χ1v) is 7.25. The fourth-order valence-electron chi connectivity index (χ4n) is 2.49. The molecule has 0 fully saturated rings. The standard InChI is InChI=1S/C16H18N2S/c1-16(2,3)18-12-6-4-5-7-14(12)19-15-9-8-11(17)10-13(15)18/h4-10H,17H2,1-3H3. The van der Waals surface area contributed by atoms with Crippen molar-refractivity contribution in [1.29, 1.82) is 0 Å². The number of hydrogen-bond acceptors (Lipinski definition) is 3. The van der Waals surface area contributed by atoms with Gasteiger partial charge in [-0.2, -0.15) is 0 Å². The molecule has 0 amide bonds. The van der Waals surface area contributed by atoms with Crippen molar-refractivity contribution in [3.05, 3.63) is 42.5 Å². The number of fused-ring (bicyclic) bond motifs is 2. The van der Waals surface area contributed by atoms with Gasteiger partial charge in [0.25, 0.3) is 0 Å². The van der Waals surface area contributed by atoms with E-state index >= 15 is 0 Å². The summed E-state index contributed by atoms with van der Waals surface area (Å²) in [5.41, 5.74) is 9.26. The molecule has 2 aromatic rings. The highest BCUT2D eigenvalue weighted by Gasteiger charge is 2.31. The first-order chi connectivity index (χ1) is 8.97. The molecule has 19 heavy (non-hydrogen) atoms. The molecular formula is C16H18N2S. The molecule has 3 rings (SSSR count). The highest BCUT2D eigenvalue weighted by atomic mass is 32.2.